The van der Waals surface area contributed by atoms with Crippen LogP contribution < -0.4 is 5.32 Å². The highest BCUT2D eigenvalue weighted by Gasteiger charge is 2.39. The van der Waals surface area contributed by atoms with E-state index in [4.69, 9.17) is 9.47 Å². The zero-order valence-corrected chi connectivity index (χ0v) is 23.6. The average Bonchev–Trinajstić information content (AvgIpc) is 2.97. The average molecular weight is 539 g/mol. The van der Waals surface area contributed by atoms with Crippen LogP contribution in [0, 0.1) is 5.92 Å². The first-order chi connectivity index (χ1) is 19.3. The smallest absolute Gasteiger partial charge is 0.221 e. The minimum absolute atomic E-state index is 0.00309. The number of amides is 1. The molecule has 1 aliphatic rings. The van der Waals surface area contributed by atoms with Gasteiger partial charge in [0.2, 0.25) is 5.91 Å². The fourth-order valence-electron chi connectivity index (χ4n) is 5.46. The molecule has 208 valence electrons. The first-order valence-electron chi connectivity index (χ1n) is 13.9. The van der Waals surface area contributed by atoms with Gasteiger partial charge in [0.25, 0.3) is 0 Å². The van der Waals surface area contributed by atoms with Crippen LogP contribution in [0.4, 0.5) is 5.69 Å². The van der Waals surface area contributed by atoms with E-state index in [2.05, 4.69) is 73.6 Å². The van der Waals surface area contributed by atoms with Crippen LogP contribution in [0.1, 0.15) is 61.5 Å². The molecule has 0 saturated carbocycles. The van der Waals surface area contributed by atoms with Crippen molar-refractivity contribution in [1.29, 1.82) is 0 Å². The molecule has 1 saturated heterocycles. The fraction of sp³-hybridized carbons (Fsp3) is 0.324. The highest BCUT2D eigenvalue weighted by molar-refractivity contribution is 5.88. The van der Waals surface area contributed by atoms with E-state index in [1.165, 1.54) is 23.3 Å². The largest absolute Gasteiger partial charge is 0.392 e. The number of aliphatic hydroxyl groups excluding tert-OH is 1. The monoisotopic (exact) mass is 538 g/mol. The number of likely N-dealkylation sites (N-methyl/N-ethyl adjacent to an activating group) is 1. The highest BCUT2D eigenvalue weighted by atomic mass is 16.7. The lowest BCUT2D eigenvalue weighted by Crippen LogP contribution is -2.44. The van der Waals surface area contributed by atoms with Crippen molar-refractivity contribution in [2.24, 2.45) is 5.92 Å². The van der Waals surface area contributed by atoms with Gasteiger partial charge in [-0.25, -0.2) is 0 Å². The molecular formula is C34H38N2O4. The summed E-state index contributed by atoms with van der Waals surface area (Å²) in [5.41, 5.74) is 4.73. The second kappa shape index (κ2) is 12.3. The minimum atomic E-state index is -0.596. The van der Waals surface area contributed by atoms with Crippen molar-refractivity contribution < 1.29 is 19.4 Å². The lowest BCUT2D eigenvalue weighted by atomic mass is 9.89. The van der Waals surface area contributed by atoms with E-state index < -0.39 is 6.29 Å². The summed E-state index contributed by atoms with van der Waals surface area (Å²) in [6.07, 6.45) is -0.911. The van der Waals surface area contributed by atoms with Crippen LogP contribution in [0.2, 0.25) is 0 Å². The minimum Gasteiger partial charge on any atom is -0.392 e. The topological polar surface area (TPSA) is 71.0 Å². The molecule has 2 N–H and O–H groups in total. The van der Waals surface area contributed by atoms with Gasteiger partial charge < -0.3 is 19.9 Å². The number of nitrogens with zero attached hydrogens (tertiary/aromatic N) is 1. The van der Waals surface area contributed by atoms with E-state index in [1.54, 1.807) is 0 Å². The van der Waals surface area contributed by atoms with Gasteiger partial charge in [-0.1, -0.05) is 79.7 Å². The SMILES string of the molecule is CC(=O)Nc1cccc([C@@H]2O[C@H](CN(C)[C@H](C)c3ccc4ccccc4c3)[C@H](C)[C@H](c3ccc(CO)cc3)O2)c1. The van der Waals surface area contributed by atoms with E-state index in [1.807, 2.05) is 48.5 Å². The van der Waals surface area contributed by atoms with E-state index in [0.717, 1.165) is 16.7 Å². The summed E-state index contributed by atoms with van der Waals surface area (Å²) < 4.78 is 13.2. The fourth-order valence-corrected chi connectivity index (χ4v) is 5.46. The van der Waals surface area contributed by atoms with Crippen LogP contribution in [-0.4, -0.2) is 35.6 Å². The van der Waals surface area contributed by atoms with Gasteiger partial charge in [-0.05, 0) is 59.6 Å². The molecule has 0 unspecified atom stereocenters. The standard InChI is InChI=1S/C34H38N2O4/c1-22-32(20-36(4)23(2)28-17-16-26-8-5-6-9-29(26)18-28)39-34(30-10-7-11-31(19-30)35-24(3)38)40-33(22)27-14-12-25(21-37)13-15-27/h5-19,22-23,32-34,37H,20-21H2,1-4H3,(H,35,38)/t22-,23+,32+,33+,34+/m0/s1. The van der Waals surface area contributed by atoms with Gasteiger partial charge in [-0.15, -0.1) is 0 Å². The number of carbonyl (C=O) groups excluding carboxylic acids is 1. The Morgan fingerprint density at radius 3 is 2.40 bits per heavy atom. The molecule has 0 spiro atoms. The number of hydrogen-bond acceptors (Lipinski definition) is 5. The molecule has 6 nitrogen and oxygen atoms in total. The Kier molecular flexibility index (Phi) is 8.62. The number of anilines is 1. The second-order valence-corrected chi connectivity index (χ2v) is 10.9. The first kappa shape index (κ1) is 28.0. The first-order valence-corrected chi connectivity index (χ1v) is 13.9. The molecular weight excluding hydrogens is 500 g/mol. The molecule has 4 aromatic rings. The molecule has 40 heavy (non-hydrogen) atoms. The van der Waals surface area contributed by atoms with Gasteiger partial charge in [0, 0.05) is 36.7 Å². The van der Waals surface area contributed by atoms with E-state index in [-0.39, 0.29) is 36.7 Å². The van der Waals surface area contributed by atoms with Gasteiger partial charge in [-0.3, -0.25) is 9.69 Å². The van der Waals surface area contributed by atoms with Crippen LogP contribution in [0.5, 0.6) is 0 Å². The summed E-state index contributed by atoms with van der Waals surface area (Å²) in [4.78, 5) is 14.0. The summed E-state index contributed by atoms with van der Waals surface area (Å²) in [5.74, 6) is -0.0544. The number of aliphatic hydroxyl groups is 1. The highest BCUT2D eigenvalue weighted by Crippen LogP contribution is 2.42. The van der Waals surface area contributed by atoms with Crippen molar-refractivity contribution >= 4 is 22.4 Å². The van der Waals surface area contributed by atoms with Gasteiger partial charge in [0.15, 0.2) is 6.29 Å². The lowest BCUT2D eigenvalue weighted by molar-refractivity contribution is -0.276. The van der Waals surface area contributed by atoms with Gasteiger partial charge in [0.05, 0.1) is 18.8 Å². The molecule has 4 aromatic carbocycles. The van der Waals surface area contributed by atoms with Crippen LogP contribution in [0.25, 0.3) is 10.8 Å². The van der Waals surface area contributed by atoms with Gasteiger partial charge in [-0.2, -0.15) is 0 Å². The number of rotatable bonds is 8. The molecule has 0 bridgehead atoms. The van der Waals surface area contributed by atoms with Crippen molar-refractivity contribution in [3.05, 3.63) is 113 Å². The number of hydrogen-bond donors (Lipinski definition) is 2. The molecule has 1 amide bonds. The van der Waals surface area contributed by atoms with Gasteiger partial charge >= 0.3 is 0 Å². The predicted octanol–water partition coefficient (Wildman–Crippen LogP) is 6.77. The number of ether oxygens (including phenoxy) is 2. The molecule has 1 fully saturated rings. The Morgan fingerprint density at radius 1 is 0.925 bits per heavy atom. The Hall–Kier alpha value is -3.55. The second-order valence-electron chi connectivity index (χ2n) is 10.9. The maximum atomic E-state index is 11.7. The van der Waals surface area contributed by atoms with E-state index >= 15 is 0 Å². The van der Waals surface area contributed by atoms with Crippen molar-refractivity contribution in [1.82, 2.24) is 4.90 Å². The zero-order valence-electron chi connectivity index (χ0n) is 23.6. The molecule has 0 aromatic heterocycles. The quantitative estimate of drug-likeness (QED) is 0.259. The zero-order chi connectivity index (χ0) is 28.2. The maximum absolute atomic E-state index is 11.7. The van der Waals surface area contributed by atoms with E-state index in [9.17, 15) is 9.90 Å². The van der Waals surface area contributed by atoms with Gasteiger partial charge in [0.1, 0.15) is 0 Å². The van der Waals surface area contributed by atoms with Crippen molar-refractivity contribution in [2.75, 3.05) is 18.9 Å². The molecule has 0 radical (unpaired) electrons. The van der Waals surface area contributed by atoms with Crippen molar-refractivity contribution in [2.45, 2.75) is 51.9 Å². The molecule has 1 heterocycles. The number of carbonyl (C=O) groups is 1. The third-order valence-electron chi connectivity index (χ3n) is 7.99. The summed E-state index contributed by atoms with van der Waals surface area (Å²) >= 11 is 0. The summed E-state index contributed by atoms with van der Waals surface area (Å²) in [7, 11) is 2.14. The molecule has 1 aliphatic heterocycles. The molecule has 6 heteroatoms. The molecule has 0 aliphatic carbocycles. The Balaban J connectivity index is 1.41. The maximum Gasteiger partial charge on any atom is 0.221 e. The molecule has 5 rings (SSSR count). The normalized spacial score (nSPS) is 21.9. The van der Waals surface area contributed by atoms with Crippen LogP contribution in [0.15, 0.2) is 91.0 Å². The summed E-state index contributed by atoms with van der Waals surface area (Å²) in [6, 6.07) is 30.9. The summed E-state index contributed by atoms with van der Waals surface area (Å²) in [6.45, 7) is 6.62. The molecule has 5 atom stereocenters. The van der Waals surface area contributed by atoms with Crippen LogP contribution in [0.3, 0.4) is 0 Å². The van der Waals surface area contributed by atoms with Crippen molar-refractivity contribution in [3.8, 4) is 0 Å². The van der Waals surface area contributed by atoms with Crippen LogP contribution in [-0.2, 0) is 20.9 Å². The number of nitrogens with one attached hydrogen (secondary N) is 1. The third-order valence-corrected chi connectivity index (χ3v) is 7.99. The Bertz CT molecular complexity index is 1450. The third kappa shape index (κ3) is 6.26. The summed E-state index contributed by atoms with van der Waals surface area (Å²) in [5, 5.41) is 14.9. The lowest BCUT2D eigenvalue weighted by Gasteiger charge is -2.43. The number of benzene rings is 4. The Morgan fingerprint density at radius 2 is 1.68 bits per heavy atom. The van der Waals surface area contributed by atoms with Crippen LogP contribution >= 0.6 is 0 Å². The predicted molar refractivity (Wildman–Crippen MR) is 159 cm³/mol. The number of fused-ring (bicyclic) bond motifs is 1. The Labute approximate surface area is 236 Å². The van der Waals surface area contributed by atoms with E-state index in [0.29, 0.717) is 12.2 Å². The van der Waals surface area contributed by atoms with Crippen molar-refractivity contribution in [3.63, 3.8) is 0 Å².